The van der Waals surface area contributed by atoms with Crippen molar-refractivity contribution >= 4 is 17.4 Å². The third-order valence-corrected chi connectivity index (χ3v) is 4.25. The summed E-state index contributed by atoms with van der Waals surface area (Å²) in [6.45, 7) is 3.23. The molecule has 1 fully saturated rings. The number of non-ortho nitro benzene ring substituents is 1. The highest BCUT2D eigenvalue weighted by Crippen LogP contribution is 2.23. The predicted molar refractivity (Wildman–Crippen MR) is 89.5 cm³/mol. The number of hydrogen-bond donors (Lipinski definition) is 3. The molecule has 2 amide bonds. The molecule has 23 heavy (non-hydrogen) atoms. The highest BCUT2D eigenvalue weighted by atomic mass is 16.6. The number of rotatable bonds is 6. The van der Waals surface area contributed by atoms with Gasteiger partial charge in [-0.05, 0) is 30.9 Å². The molecule has 0 aliphatic heterocycles. The van der Waals surface area contributed by atoms with Crippen LogP contribution < -0.4 is 16.0 Å². The number of nitrogens with zero attached hydrogens (tertiary/aromatic N) is 1. The molecule has 0 heterocycles. The quantitative estimate of drug-likeness (QED) is 0.426. The molecule has 2 atom stereocenters. The smallest absolute Gasteiger partial charge is 0.315 e. The standard InChI is InChI=1S/C16H24N4O3/c1-12-4-2-3-5-15(12)19-16(21)18-11-10-17-13-6-8-14(9-7-13)20(22)23/h6-9,12,15,17H,2-5,10-11H2,1H3,(H2,18,19,21). The number of hydrogen-bond acceptors (Lipinski definition) is 4. The monoisotopic (exact) mass is 320 g/mol. The lowest BCUT2D eigenvalue weighted by molar-refractivity contribution is -0.384. The molecule has 0 spiro atoms. The van der Waals surface area contributed by atoms with E-state index < -0.39 is 4.92 Å². The minimum absolute atomic E-state index is 0.0645. The molecule has 0 saturated heterocycles. The van der Waals surface area contributed by atoms with Crippen molar-refractivity contribution in [1.29, 1.82) is 0 Å². The Hall–Kier alpha value is -2.31. The molecule has 2 unspecified atom stereocenters. The Labute approximate surface area is 136 Å². The van der Waals surface area contributed by atoms with E-state index in [4.69, 9.17) is 0 Å². The first-order valence-electron chi connectivity index (χ1n) is 8.09. The molecule has 2 rings (SSSR count). The van der Waals surface area contributed by atoms with E-state index in [0.29, 0.717) is 19.0 Å². The van der Waals surface area contributed by atoms with Crippen molar-refractivity contribution in [3.63, 3.8) is 0 Å². The van der Waals surface area contributed by atoms with Gasteiger partial charge in [-0.1, -0.05) is 19.8 Å². The van der Waals surface area contributed by atoms with Crippen LogP contribution in [0, 0.1) is 16.0 Å². The van der Waals surface area contributed by atoms with Crippen LogP contribution in [0.3, 0.4) is 0 Å². The molecule has 1 aliphatic carbocycles. The van der Waals surface area contributed by atoms with Crippen molar-refractivity contribution in [1.82, 2.24) is 10.6 Å². The number of amides is 2. The summed E-state index contributed by atoms with van der Waals surface area (Å²) < 4.78 is 0. The van der Waals surface area contributed by atoms with E-state index in [1.807, 2.05) is 0 Å². The van der Waals surface area contributed by atoms with E-state index >= 15 is 0 Å². The van der Waals surface area contributed by atoms with Crippen LogP contribution in [-0.4, -0.2) is 30.1 Å². The third kappa shape index (κ3) is 5.43. The van der Waals surface area contributed by atoms with E-state index in [1.165, 1.54) is 31.4 Å². The Morgan fingerprint density at radius 1 is 1.22 bits per heavy atom. The van der Waals surface area contributed by atoms with Crippen molar-refractivity contribution in [2.75, 3.05) is 18.4 Å². The van der Waals surface area contributed by atoms with Gasteiger partial charge in [-0.15, -0.1) is 0 Å². The molecule has 3 N–H and O–H groups in total. The van der Waals surface area contributed by atoms with Crippen LogP contribution in [0.2, 0.25) is 0 Å². The highest BCUT2D eigenvalue weighted by Gasteiger charge is 2.22. The number of nitro benzene ring substituents is 1. The summed E-state index contributed by atoms with van der Waals surface area (Å²) in [5, 5.41) is 19.5. The Balaban J connectivity index is 1.64. The maximum atomic E-state index is 11.9. The Morgan fingerprint density at radius 2 is 1.91 bits per heavy atom. The van der Waals surface area contributed by atoms with Gasteiger partial charge in [0.25, 0.3) is 5.69 Å². The van der Waals surface area contributed by atoms with E-state index in [1.54, 1.807) is 12.1 Å². The summed E-state index contributed by atoms with van der Waals surface area (Å²) in [4.78, 5) is 22.0. The van der Waals surface area contributed by atoms with Gasteiger partial charge >= 0.3 is 6.03 Å². The topological polar surface area (TPSA) is 96.3 Å². The van der Waals surface area contributed by atoms with Crippen molar-refractivity contribution < 1.29 is 9.72 Å². The van der Waals surface area contributed by atoms with Gasteiger partial charge in [-0.2, -0.15) is 0 Å². The lowest BCUT2D eigenvalue weighted by Crippen LogP contribution is -2.47. The van der Waals surface area contributed by atoms with Crippen molar-refractivity contribution in [2.24, 2.45) is 5.92 Å². The van der Waals surface area contributed by atoms with Gasteiger partial charge in [0.05, 0.1) is 4.92 Å². The normalized spacial score (nSPS) is 20.6. The fourth-order valence-corrected chi connectivity index (χ4v) is 2.83. The van der Waals surface area contributed by atoms with Gasteiger partial charge in [-0.25, -0.2) is 4.79 Å². The molecule has 7 heteroatoms. The van der Waals surface area contributed by atoms with Gasteiger partial charge in [0.15, 0.2) is 0 Å². The predicted octanol–water partition coefficient (Wildman–Crippen LogP) is 2.88. The second-order valence-corrected chi connectivity index (χ2v) is 6.00. The first-order chi connectivity index (χ1) is 11.1. The molecule has 1 aromatic rings. The average molecular weight is 320 g/mol. The van der Waals surface area contributed by atoms with E-state index in [0.717, 1.165) is 12.1 Å². The van der Waals surface area contributed by atoms with Crippen LogP contribution in [0.5, 0.6) is 0 Å². The minimum atomic E-state index is -0.429. The van der Waals surface area contributed by atoms with Gasteiger partial charge in [0.1, 0.15) is 0 Å². The number of carbonyl (C=O) groups excluding carboxylic acids is 1. The number of carbonyl (C=O) groups is 1. The molecule has 1 aromatic carbocycles. The number of anilines is 1. The molecule has 1 aliphatic rings. The van der Waals surface area contributed by atoms with Gasteiger partial charge in [0, 0.05) is 37.0 Å². The summed E-state index contributed by atoms with van der Waals surface area (Å²) in [5.74, 6) is 0.535. The highest BCUT2D eigenvalue weighted by molar-refractivity contribution is 5.74. The molecular formula is C16H24N4O3. The zero-order valence-electron chi connectivity index (χ0n) is 13.4. The largest absolute Gasteiger partial charge is 0.383 e. The number of urea groups is 1. The molecule has 126 valence electrons. The van der Waals surface area contributed by atoms with E-state index in [2.05, 4.69) is 22.9 Å². The van der Waals surface area contributed by atoms with Crippen molar-refractivity contribution in [2.45, 2.75) is 38.6 Å². The fourth-order valence-electron chi connectivity index (χ4n) is 2.83. The molecule has 1 saturated carbocycles. The van der Waals surface area contributed by atoms with Crippen LogP contribution in [0.25, 0.3) is 0 Å². The van der Waals surface area contributed by atoms with Gasteiger partial charge in [0.2, 0.25) is 0 Å². The maximum Gasteiger partial charge on any atom is 0.315 e. The first-order valence-corrected chi connectivity index (χ1v) is 8.09. The zero-order chi connectivity index (χ0) is 16.7. The SMILES string of the molecule is CC1CCCCC1NC(=O)NCCNc1ccc([N+](=O)[O-])cc1. The lowest BCUT2D eigenvalue weighted by atomic mass is 9.86. The Morgan fingerprint density at radius 3 is 2.57 bits per heavy atom. The van der Waals surface area contributed by atoms with Crippen LogP contribution in [-0.2, 0) is 0 Å². The molecule has 0 radical (unpaired) electrons. The zero-order valence-corrected chi connectivity index (χ0v) is 13.4. The number of benzene rings is 1. The fraction of sp³-hybridized carbons (Fsp3) is 0.562. The third-order valence-electron chi connectivity index (χ3n) is 4.25. The number of nitrogens with one attached hydrogen (secondary N) is 3. The van der Waals surface area contributed by atoms with Gasteiger partial charge < -0.3 is 16.0 Å². The summed E-state index contributed by atoms with van der Waals surface area (Å²) in [6.07, 6.45) is 4.65. The molecular weight excluding hydrogens is 296 g/mol. The summed E-state index contributed by atoms with van der Waals surface area (Å²) >= 11 is 0. The average Bonchev–Trinajstić information content (AvgIpc) is 2.54. The lowest BCUT2D eigenvalue weighted by Gasteiger charge is -2.29. The van der Waals surface area contributed by atoms with Crippen LogP contribution in [0.1, 0.15) is 32.6 Å². The van der Waals surface area contributed by atoms with Crippen molar-refractivity contribution in [3.8, 4) is 0 Å². The van der Waals surface area contributed by atoms with Gasteiger partial charge in [-0.3, -0.25) is 10.1 Å². The Kier molecular flexibility index (Phi) is 6.19. The van der Waals surface area contributed by atoms with Crippen LogP contribution >= 0.6 is 0 Å². The van der Waals surface area contributed by atoms with Crippen LogP contribution in [0.15, 0.2) is 24.3 Å². The van der Waals surface area contributed by atoms with E-state index in [-0.39, 0.29) is 17.8 Å². The summed E-state index contributed by atoms with van der Waals surface area (Å²) in [7, 11) is 0. The molecule has 0 aromatic heterocycles. The van der Waals surface area contributed by atoms with E-state index in [9.17, 15) is 14.9 Å². The molecule has 7 nitrogen and oxygen atoms in total. The number of nitro groups is 1. The minimum Gasteiger partial charge on any atom is -0.383 e. The van der Waals surface area contributed by atoms with Crippen molar-refractivity contribution in [3.05, 3.63) is 34.4 Å². The summed E-state index contributed by atoms with van der Waals surface area (Å²) in [5.41, 5.74) is 0.855. The second kappa shape index (κ2) is 8.36. The van der Waals surface area contributed by atoms with Crippen LogP contribution in [0.4, 0.5) is 16.2 Å². The Bertz CT molecular complexity index is 533. The maximum absolute atomic E-state index is 11.9. The molecule has 0 bridgehead atoms. The second-order valence-electron chi connectivity index (χ2n) is 6.00. The summed E-state index contributed by atoms with van der Waals surface area (Å²) in [6, 6.07) is 6.35. The first kappa shape index (κ1) is 17.1.